The summed E-state index contributed by atoms with van der Waals surface area (Å²) < 4.78 is 1.86. The van der Waals surface area contributed by atoms with Crippen molar-refractivity contribution < 1.29 is 4.79 Å². The minimum absolute atomic E-state index is 0.135. The van der Waals surface area contributed by atoms with Crippen LogP contribution in [-0.4, -0.2) is 26.0 Å². The average molecular weight is 448 g/mol. The van der Waals surface area contributed by atoms with Crippen molar-refractivity contribution in [3.05, 3.63) is 95.5 Å². The van der Waals surface area contributed by atoms with Crippen LogP contribution in [0.4, 0.5) is 5.69 Å². The average Bonchev–Trinajstić information content (AvgIpc) is 3.22. The van der Waals surface area contributed by atoms with Crippen LogP contribution in [0.5, 0.6) is 0 Å². The first-order valence-electron chi connectivity index (χ1n) is 9.74. The molecular formula is C23H18ClN5OS. The van der Waals surface area contributed by atoms with Crippen LogP contribution in [0, 0.1) is 0 Å². The molecule has 31 heavy (non-hydrogen) atoms. The molecule has 0 saturated carbocycles. The smallest absolute Gasteiger partial charge is 0.240 e. The van der Waals surface area contributed by atoms with Gasteiger partial charge in [0.1, 0.15) is 5.25 Å². The van der Waals surface area contributed by atoms with Gasteiger partial charge in [-0.2, -0.15) is 0 Å². The van der Waals surface area contributed by atoms with E-state index in [2.05, 4.69) is 20.9 Å². The van der Waals surface area contributed by atoms with Crippen molar-refractivity contribution >= 4 is 35.0 Å². The molecule has 4 aromatic rings. The third-order valence-electron chi connectivity index (χ3n) is 4.98. The maximum atomic E-state index is 13.3. The Morgan fingerprint density at radius 1 is 0.968 bits per heavy atom. The number of thioether (sulfide) groups is 1. The fourth-order valence-corrected chi connectivity index (χ4v) is 4.79. The first kappa shape index (κ1) is 19.7. The van der Waals surface area contributed by atoms with Gasteiger partial charge >= 0.3 is 0 Å². The zero-order chi connectivity index (χ0) is 21.2. The number of hydrogen-bond donors (Lipinski definition) is 2. The molecule has 154 valence electrons. The van der Waals surface area contributed by atoms with Crippen LogP contribution in [0.3, 0.4) is 0 Å². The topological polar surface area (TPSA) is 71.8 Å². The molecule has 0 unspecified atom stereocenters. The number of nitrogens with one attached hydrogen (secondary N) is 2. The number of fused-ring (bicyclic) bond motifs is 1. The highest BCUT2D eigenvalue weighted by atomic mass is 35.5. The van der Waals surface area contributed by atoms with E-state index in [9.17, 15) is 4.79 Å². The molecule has 0 bridgehead atoms. The molecule has 2 N–H and O–H groups in total. The van der Waals surface area contributed by atoms with Crippen molar-refractivity contribution in [2.75, 3.05) is 10.7 Å². The lowest BCUT2D eigenvalue weighted by molar-refractivity contribution is -0.116. The summed E-state index contributed by atoms with van der Waals surface area (Å²) in [5, 5.41) is 12.4. The van der Waals surface area contributed by atoms with E-state index in [0.717, 1.165) is 11.1 Å². The fourth-order valence-electron chi connectivity index (χ4n) is 3.52. The third-order valence-corrected chi connectivity index (χ3v) is 6.43. The number of nitrogens with zero attached hydrogens (tertiary/aromatic N) is 3. The van der Waals surface area contributed by atoms with Crippen LogP contribution >= 0.6 is 23.4 Å². The van der Waals surface area contributed by atoms with Crippen LogP contribution < -0.4 is 10.7 Å². The number of carbonyl (C=O) groups is 1. The van der Waals surface area contributed by atoms with Gasteiger partial charge in [-0.25, -0.2) is 4.68 Å². The van der Waals surface area contributed by atoms with Crippen molar-refractivity contribution in [3.8, 4) is 11.4 Å². The predicted molar refractivity (Wildman–Crippen MR) is 124 cm³/mol. The molecule has 0 radical (unpaired) electrons. The van der Waals surface area contributed by atoms with Crippen molar-refractivity contribution in [3.63, 3.8) is 0 Å². The molecule has 2 heterocycles. The minimum Gasteiger partial charge on any atom is -0.325 e. The molecule has 0 saturated heterocycles. The summed E-state index contributed by atoms with van der Waals surface area (Å²) in [6, 6.07) is 26.6. The van der Waals surface area contributed by atoms with Gasteiger partial charge in [-0.05, 0) is 23.8 Å². The SMILES string of the molecule is O=C(Nc1cccc(Cl)c1)[C@@H]1Sc2nnc(-c3ccccc3)n2N[C@@H]1c1ccccc1. The molecule has 2 atom stereocenters. The Morgan fingerprint density at radius 2 is 1.71 bits per heavy atom. The molecule has 1 aliphatic heterocycles. The number of hydrogen-bond acceptors (Lipinski definition) is 5. The maximum Gasteiger partial charge on any atom is 0.240 e. The van der Waals surface area contributed by atoms with Crippen molar-refractivity contribution in [2.24, 2.45) is 0 Å². The van der Waals surface area contributed by atoms with Crippen LogP contribution in [0.15, 0.2) is 90.1 Å². The Kier molecular flexibility index (Phi) is 5.36. The van der Waals surface area contributed by atoms with Crippen LogP contribution in [0.25, 0.3) is 11.4 Å². The Labute approximate surface area is 188 Å². The zero-order valence-corrected chi connectivity index (χ0v) is 17.8. The fraction of sp³-hybridized carbons (Fsp3) is 0.0870. The Bertz CT molecular complexity index is 1220. The first-order valence-corrected chi connectivity index (χ1v) is 11.0. The lowest BCUT2D eigenvalue weighted by atomic mass is 10.0. The molecule has 0 spiro atoms. The van der Waals surface area contributed by atoms with Crippen LogP contribution in [0.2, 0.25) is 5.02 Å². The van der Waals surface area contributed by atoms with E-state index in [1.807, 2.05) is 77.5 Å². The normalized spacial score (nSPS) is 17.5. The molecule has 0 aliphatic carbocycles. The van der Waals surface area contributed by atoms with Gasteiger partial charge in [0.25, 0.3) is 0 Å². The first-order chi connectivity index (χ1) is 15.2. The van der Waals surface area contributed by atoms with Gasteiger partial charge < -0.3 is 10.7 Å². The highest BCUT2D eigenvalue weighted by Gasteiger charge is 2.38. The number of amides is 1. The predicted octanol–water partition coefficient (Wildman–Crippen LogP) is 5.00. The molecular weight excluding hydrogens is 430 g/mol. The lowest BCUT2D eigenvalue weighted by Gasteiger charge is -2.33. The Balaban J connectivity index is 1.50. The van der Waals surface area contributed by atoms with E-state index in [1.165, 1.54) is 11.8 Å². The second-order valence-corrected chi connectivity index (χ2v) is 8.61. The van der Waals surface area contributed by atoms with Crippen molar-refractivity contribution in [1.29, 1.82) is 0 Å². The number of anilines is 1. The molecule has 6 nitrogen and oxygen atoms in total. The molecule has 1 amide bonds. The van der Waals surface area contributed by atoms with E-state index in [-0.39, 0.29) is 11.9 Å². The quantitative estimate of drug-likeness (QED) is 0.460. The van der Waals surface area contributed by atoms with E-state index < -0.39 is 5.25 Å². The number of benzene rings is 3. The largest absolute Gasteiger partial charge is 0.325 e. The van der Waals surface area contributed by atoms with E-state index in [1.54, 1.807) is 12.1 Å². The van der Waals surface area contributed by atoms with Crippen LogP contribution in [-0.2, 0) is 4.79 Å². The minimum atomic E-state index is -0.457. The third kappa shape index (κ3) is 4.02. The van der Waals surface area contributed by atoms with Gasteiger partial charge in [-0.3, -0.25) is 4.79 Å². The Morgan fingerprint density at radius 3 is 2.45 bits per heavy atom. The van der Waals surface area contributed by atoms with E-state index >= 15 is 0 Å². The van der Waals surface area contributed by atoms with Crippen molar-refractivity contribution in [2.45, 2.75) is 16.4 Å². The van der Waals surface area contributed by atoms with E-state index in [4.69, 9.17) is 11.6 Å². The second-order valence-electron chi connectivity index (χ2n) is 7.06. The standard InChI is InChI=1S/C23H18ClN5OS/c24-17-12-7-13-18(14-17)25-22(30)20-19(15-8-3-1-4-9-15)28-29-21(26-27-23(29)31-20)16-10-5-2-6-11-16/h1-14,19-20,28H,(H,25,30)/t19-,20-/m1/s1. The van der Waals surface area contributed by atoms with Gasteiger partial charge in [0, 0.05) is 16.3 Å². The lowest BCUT2D eigenvalue weighted by Crippen LogP contribution is -2.41. The maximum absolute atomic E-state index is 13.3. The molecule has 8 heteroatoms. The van der Waals surface area contributed by atoms with E-state index in [0.29, 0.717) is 21.7 Å². The van der Waals surface area contributed by atoms with Gasteiger partial charge in [0.15, 0.2) is 5.82 Å². The second kappa shape index (κ2) is 8.45. The highest BCUT2D eigenvalue weighted by Crippen LogP contribution is 2.39. The summed E-state index contributed by atoms with van der Waals surface area (Å²) in [6.07, 6.45) is 0. The van der Waals surface area contributed by atoms with Gasteiger partial charge in [0.05, 0.1) is 6.04 Å². The molecule has 1 aliphatic rings. The number of carbonyl (C=O) groups excluding carboxylic acids is 1. The molecule has 0 fully saturated rings. The molecule has 3 aromatic carbocycles. The summed E-state index contributed by atoms with van der Waals surface area (Å²) in [7, 11) is 0. The Hall–Kier alpha value is -3.29. The summed E-state index contributed by atoms with van der Waals surface area (Å²) in [5.41, 5.74) is 6.07. The monoisotopic (exact) mass is 447 g/mol. The number of rotatable bonds is 4. The van der Waals surface area contributed by atoms with Gasteiger partial charge in [0.2, 0.25) is 11.1 Å². The number of halogens is 1. The zero-order valence-electron chi connectivity index (χ0n) is 16.3. The van der Waals surface area contributed by atoms with Gasteiger partial charge in [-0.15, -0.1) is 10.2 Å². The van der Waals surface area contributed by atoms with Gasteiger partial charge in [-0.1, -0.05) is 90.1 Å². The summed E-state index contributed by atoms with van der Waals surface area (Å²) in [4.78, 5) is 13.3. The molecule has 1 aromatic heterocycles. The number of aromatic nitrogens is 3. The molecule has 5 rings (SSSR count). The van der Waals surface area contributed by atoms with Crippen molar-refractivity contribution in [1.82, 2.24) is 14.9 Å². The summed E-state index contributed by atoms with van der Waals surface area (Å²) in [6.45, 7) is 0. The summed E-state index contributed by atoms with van der Waals surface area (Å²) >= 11 is 7.46. The van der Waals surface area contributed by atoms with Crippen LogP contribution in [0.1, 0.15) is 11.6 Å². The summed E-state index contributed by atoms with van der Waals surface area (Å²) in [5.74, 6) is 0.571. The highest BCUT2D eigenvalue weighted by molar-refractivity contribution is 8.00.